The molecule has 0 saturated carbocycles. The number of aromatic nitrogens is 1. The highest BCUT2D eigenvalue weighted by atomic mass is 32.1. The largest absolute Gasteiger partial charge is 0.497 e. The predicted octanol–water partition coefficient (Wildman–Crippen LogP) is 4.32. The number of aryl methyl sites for hydroxylation is 2. The zero-order valence-electron chi connectivity index (χ0n) is 17.3. The third-order valence-electron chi connectivity index (χ3n) is 5.58. The minimum atomic E-state index is -0.568. The molecule has 0 aliphatic carbocycles. The summed E-state index contributed by atoms with van der Waals surface area (Å²) in [5.74, 6) is -0.131. The number of thiazole rings is 1. The maximum absolute atomic E-state index is 13.5. The number of anilines is 1. The molecule has 2 aromatic carbocycles. The molecule has 0 radical (unpaired) electrons. The number of fused-ring (bicyclic) bond motifs is 1. The normalized spacial score (nSPS) is 18.1. The molecule has 2 atom stereocenters. The first-order valence-corrected chi connectivity index (χ1v) is 10.5. The van der Waals surface area contributed by atoms with Gasteiger partial charge in [0.2, 0.25) is 5.91 Å². The predicted molar refractivity (Wildman–Crippen MR) is 117 cm³/mol. The van der Waals surface area contributed by atoms with Gasteiger partial charge in [-0.15, -0.1) is 11.3 Å². The fourth-order valence-electron chi connectivity index (χ4n) is 3.88. The third kappa shape index (κ3) is 3.45. The maximum Gasteiger partial charge on any atom is 0.254 e. The Balaban J connectivity index is 1.79. The highest BCUT2D eigenvalue weighted by molar-refractivity contribution is 7.15. The van der Waals surface area contributed by atoms with E-state index >= 15 is 0 Å². The average molecular weight is 422 g/mol. The van der Waals surface area contributed by atoms with Gasteiger partial charge in [-0.3, -0.25) is 9.59 Å². The van der Waals surface area contributed by atoms with E-state index in [1.165, 1.54) is 11.3 Å². The summed E-state index contributed by atoms with van der Waals surface area (Å²) < 4.78 is 5.26. The van der Waals surface area contributed by atoms with Crippen LogP contribution < -0.4 is 10.1 Å². The summed E-state index contributed by atoms with van der Waals surface area (Å²) in [5.41, 5.74) is 3.05. The second-order valence-electron chi connectivity index (χ2n) is 7.35. The summed E-state index contributed by atoms with van der Waals surface area (Å²) in [7, 11) is 3.35. The lowest BCUT2D eigenvalue weighted by molar-refractivity contribution is -0.119. The van der Waals surface area contributed by atoms with Crippen molar-refractivity contribution >= 4 is 28.3 Å². The maximum atomic E-state index is 13.5. The molecule has 0 spiro atoms. The van der Waals surface area contributed by atoms with Crippen LogP contribution in [-0.2, 0) is 4.79 Å². The fraction of sp³-hybridized carbons (Fsp3) is 0.261. The molecule has 1 aliphatic heterocycles. The summed E-state index contributed by atoms with van der Waals surface area (Å²) in [6.07, 6.45) is 0. The first kappa shape index (κ1) is 20.1. The molecule has 4 rings (SSSR count). The van der Waals surface area contributed by atoms with E-state index in [-0.39, 0.29) is 11.8 Å². The molecule has 2 heterocycles. The number of benzene rings is 2. The fourth-order valence-corrected chi connectivity index (χ4v) is 4.70. The molecule has 30 heavy (non-hydrogen) atoms. The number of likely N-dealkylation sites (N-methyl/N-ethyl adjacent to an activating group) is 1. The van der Waals surface area contributed by atoms with Crippen molar-refractivity contribution in [1.29, 1.82) is 0 Å². The molecular weight excluding hydrogens is 398 g/mol. The van der Waals surface area contributed by atoms with Crippen molar-refractivity contribution in [2.24, 2.45) is 0 Å². The van der Waals surface area contributed by atoms with Gasteiger partial charge in [-0.25, -0.2) is 4.98 Å². The number of carbonyl (C=O) groups excluding carboxylic acids is 2. The van der Waals surface area contributed by atoms with Crippen LogP contribution in [0.3, 0.4) is 0 Å². The second-order valence-corrected chi connectivity index (χ2v) is 8.55. The van der Waals surface area contributed by atoms with Crippen molar-refractivity contribution in [1.82, 2.24) is 9.88 Å². The summed E-state index contributed by atoms with van der Waals surface area (Å²) in [4.78, 5) is 33.7. The Bertz CT molecular complexity index is 1090. The van der Waals surface area contributed by atoms with Crippen LogP contribution in [-0.4, -0.2) is 35.9 Å². The number of rotatable bonds is 4. The van der Waals surface area contributed by atoms with Gasteiger partial charge in [0, 0.05) is 17.5 Å². The van der Waals surface area contributed by atoms with Crippen molar-refractivity contribution in [2.75, 3.05) is 19.5 Å². The lowest BCUT2D eigenvalue weighted by Crippen LogP contribution is -2.44. The van der Waals surface area contributed by atoms with E-state index in [9.17, 15) is 9.59 Å². The Labute approximate surface area is 179 Å². The molecule has 1 N–H and O–H groups in total. The van der Waals surface area contributed by atoms with Crippen LogP contribution in [0.1, 0.15) is 44.0 Å². The van der Waals surface area contributed by atoms with Gasteiger partial charge in [-0.1, -0.05) is 30.3 Å². The molecule has 3 aromatic rings. The van der Waals surface area contributed by atoms with E-state index in [4.69, 9.17) is 4.74 Å². The molecule has 154 valence electrons. The minimum Gasteiger partial charge on any atom is -0.497 e. The minimum absolute atomic E-state index is 0.101. The lowest BCUT2D eigenvalue weighted by Gasteiger charge is -2.39. The van der Waals surface area contributed by atoms with Crippen LogP contribution in [0.5, 0.6) is 5.75 Å². The van der Waals surface area contributed by atoms with E-state index in [0.717, 1.165) is 27.4 Å². The van der Waals surface area contributed by atoms with E-state index in [2.05, 4.69) is 10.3 Å². The molecule has 1 aliphatic rings. The third-order valence-corrected chi connectivity index (χ3v) is 6.57. The number of hydrogen-bond acceptors (Lipinski definition) is 5. The summed E-state index contributed by atoms with van der Waals surface area (Å²) in [5, 5.41) is 3.55. The number of nitrogens with one attached hydrogen (secondary N) is 1. The quantitative estimate of drug-likeness (QED) is 0.681. The van der Waals surface area contributed by atoms with Crippen molar-refractivity contribution < 1.29 is 14.3 Å². The standard InChI is InChI=1S/C23H23N3O3S/c1-13-14(2)30-23(24-13)25-21(27)19-17-7-5-6-8-18(17)22(28)26(3)20(19)15-9-11-16(29-4)12-10-15/h5-12,19-20H,1-4H3,(H,24,25,27). The van der Waals surface area contributed by atoms with Gasteiger partial charge in [0.05, 0.1) is 24.8 Å². The van der Waals surface area contributed by atoms with Crippen LogP contribution >= 0.6 is 11.3 Å². The zero-order chi connectivity index (χ0) is 21.4. The van der Waals surface area contributed by atoms with E-state index in [0.29, 0.717) is 10.7 Å². The average Bonchev–Trinajstić information content (AvgIpc) is 3.07. The van der Waals surface area contributed by atoms with Crippen molar-refractivity contribution in [3.8, 4) is 5.75 Å². The first-order chi connectivity index (χ1) is 14.4. The van der Waals surface area contributed by atoms with E-state index in [1.54, 1.807) is 25.1 Å². The van der Waals surface area contributed by atoms with E-state index in [1.807, 2.05) is 56.3 Å². The Morgan fingerprint density at radius 1 is 1.13 bits per heavy atom. The molecule has 6 nitrogen and oxygen atoms in total. The second kappa shape index (κ2) is 7.91. The van der Waals surface area contributed by atoms with Gasteiger partial charge < -0.3 is 15.0 Å². The molecule has 1 aromatic heterocycles. The van der Waals surface area contributed by atoms with Crippen LogP contribution in [0.25, 0.3) is 0 Å². The Morgan fingerprint density at radius 3 is 2.47 bits per heavy atom. The number of methoxy groups -OCH3 is 1. The summed E-state index contributed by atoms with van der Waals surface area (Å²) in [6, 6.07) is 14.4. The SMILES string of the molecule is COc1ccc(C2C(C(=O)Nc3nc(C)c(C)s3)c3ccccc3C(=O)N2C)cc1. The molecule has 2 amide bonds. The summed E-state index contributed by atoms with van der Waals surface area (Å²) in [6.45, 7) is 3.90. The highest BCUT2D eigenvalue weighted by Gasteiger charge is 2.42. The molecule has 2 unspecified atom stereocenters. The molecule has 0 bridgehead atoms. The van der Waals surface area contributed by atoms with Crippen LogP contribution in [0, 0.1) is 13.8 Å². The number of hydrogen-bond donors (Lipinski definition) is 1. The van der Waals surface area contributed by atoms with Gasteiger partial charge in [-0.2, -0.15) is 0 Å². The summed E-state index contributed by atoms with van der Waals surface area (Å²) >= 11 is 1.45. The topological polar surface area (TPSA) is 71.5 Å². The number of carbonyl (C=O) groups is 2. The van der Waals surface area contributed by atoms with Crippen LogP contribution in [0.2, 0.25) is 0 Å². The van der Waals surface area contributed by atoms with Crippen LogP contribution in [0.15, 0.2) is 48.5 Å². The monoisotopic (exact) mass is 421 g/mol. The smallest absolute Gasteiger partial charge is 0.254 e. The molecule has 0 fully saturated rings. The van der Waals surface area contributed by atoms with Crippen LogP contribution in [0.4, 0.5) is 5.13 Å². The van der Waals surface area contributed by atoms with E-state index < -0.39 is 12.0 Å². The molecular formula is C23H23N3O3S. The van der Waals surface area contributed by atoms with Gasteiger partial charge in [0.25, 0.3) is 5.91 Å². The van der Waals surface area contributed by atoms with Crippen molar-refractivity contribution in [3.63, 3.8) is 0 Å². The van der Waals surface area contributed by atoms with Crippen molar-refractivity contribution in [2.45, 2.75) is 25.8 Å². The number of ether oxygens (including phenoxy) is 1. The highest BCUT2D eigenvalue weighted by Crippen LogP contribution is 2.43. The Kier molecular flexibility index (Phi) is 5.30. The van der Waals surface area contributed by atoms with Gasteiger partial charge in [0.15, 0.2) is 5.13 Å². The number of amides is 2. The molecule has 0 saturated heterocycles. The Hall–Kier alpha value is -3.19. The van der Waals surface area contributed by atoms with Crippen molar-refractivity contribution in [3.05, 3.63) is 75.8 Å². The van der Waals surface area contributed by atoms with Gasteiger partial charge in [-0.05, 0) is 43.2 Å². The molecule has 7 heteroatoms. The lowest BCUT2D eigenvalue weighted by atomic mass is 9.79. The number of nitrogens with zero attached hydrogens (tertiary/aromatic N) is 2. The Morgan fingerprint density at radius 2 is 1.83 bits per heavy atom. The van der Waals surface area contributed by atoms with Gasteiger partial charge >= 0.3 is 0 Å². The van der Waals surface area contributed by atoms with Gasteiger partial charge in [0.1, 0.15) is 5.75 Å². The zero-order valence-corrected chi connectivity index (χ0v) is 18.1. The first-order valence-electron chi connectivity index (χ1n) is 9.65.